The minimum atomic E-state index is -0.755. The number of aliphatic carboxylic acids is 1. The molecule has 3 nitrogen and oxygen atoms in total. The van der Waals surface area contributed by atoms with Gasteiger partial charge in [-0.1, -0.05) is 6.07 Å². The molecule has 0 aliphatic rings. The van der Waals surface area contributed by atoms with E-state index < -0.39 is 5.97 Å². The quantitative estimate of drug-likeness (QED) is 0.826. The summed E-state index contributed by atoms with van der Waals surface area (Å²) in [5.41, 5.74) is 0.927. The fourth-order valence-electron chi connectivity index (χ4n) is 1.01. The first-order valence-corrected chi connectivity index (χ1v) is 4.81. The van der Waals surface area contributed by atoms with Crippen molar-refractivity contribution in [1.29, 1.82) is 0 Å². The summed E-state index contributed by atoms with van der Waals surface area (Å²) >= 11 is 3.26. The third kappa shape index (κ3) is 4.03. The van der Waals surface area contributed by atoms with Crippen LogP contribution in [0.15, 0.2) is 22.8 Å². The maximum atomic E-state index is 10.2. The second-order valence-corrected chi connectivity index (χ2v) is 3.51. The van der Waals surface area contributed by atoms with Crippen LogP contribution < -0.4 is 0 Å². The molecule has 0 amide bonds. The van der Waals surface area contributed by atoms with Crippen LogP contribution in [0.1, 0.15) is 18.5 Å². The van der Waals surface area contributed by atoms with Gasteiger partial charge in [0.2, 0.25) is 0 Å². The van der Waals surface area contributed by atoms with Crippen molar-refractivity contribution < 1.29 is 9.90 Å². The summed E-state index contributed by atoms with van der Waals surface area (Å²) < 4.78 is 0.792. The Bertz CT molecular complexity index is 301. The summed E-state index contributed by atoms with van der Waals surface area (Å²) in [4.78, 5) is 14.4. The largest absolute Gasteiger partial charge is 0.481 e. The highest BCUT2D eigenvalue weighted by molar-refractivity contribution is 9.10. The van der Waals surface area contributed by atoms with E-state index in [1.54, 1.807) is 0 Å². The van der Waals surface area contributed by atoms with Crippen molar-refractivity contribution in [2.75, 3.05) is 0 Å². The van der Waals surface area contributed by atoms with E-state index in [1.807, 2.05) is 18.2 Å². The Morgan fingerprint density at radius 1 is 1.54 bits per heavy atom. The lowest BCUT2D eigenvalue weighted by Gasteiger charge is -1.98. The molecule has 0 spiro atoms. The summed E-state index contributed by atoms with van der Waals surface area (Å²) in [6.45, 7) is 0. The molecule has 0 saturated heterocycles. The standard InChI is InChI=1S/C9H10BrNO2/c10-8-5-1-3-7(11-8)4-2-6-9(12)13/h1,3,5H,2,4,6H2,(H,12,13). The molecule has 1 aromatic heterocycles. The van der Waals surface area contributed by atoms with Gasteiger partial charge in [-0.05, 0) is 40.9 Å². The van der Waals surface area contributed by atoms with Gasteiger partial charge < -0.3 is 5.11 Å². The number of hydrogen-bond acceptors (Lipinski definition) is 2. The molecule has 0 unspecified atom stereocenters. The Balaban J connectivity index is 2.41. The van der Waals surface area contributed by atoms with Gasteiger partial charge in [0.05, 0.1) is 0 Å². The van der Waals surface area contributed by atoms with Crippen LogP contribution in [-0.4, -0.2) is 16.1 Å². The normalized spacial score (nSPS) is 9.92. The van der Waals surface area contributed by atoms with Crippen LogP contribution in [0.3, 0.4) is 0 Å². The number of carboxylic acids is 1. The summed E-state index contributed by atoms with van der Waals surface area (Å²) in [6.07, 6.45) is 1.55. The van der Waals surface area contributed by atoms with Crippen molar-refractivity contribution >= 4 is 21.9 Å². The lowest BCUT2D eigenvalue weighted by molar-refractivity contribution is -0.137. The predicted octanol–water partition coefficient (Wildman–Crippen LogP) is 2.25. The number of carboxylic acid groups (broad SMARTS) is 1. The first kappa shape index (κ1) is 10.2. The lowest BCUT2D eigenvalue weighted by Crippen LogP contribution is -1.97. The predicted molar refractivity (Wildman–Crippen MR) is 52.5 cm³/mol. The molecule has 1 N–H and O–H groups in total. The molecule has 0 atom stereocenters. The number of halogens is 1. The van der Waals surface area contributed by atoms with Gasteiger partial charge in [0.25, 0.3) is 0 Å². The molecule has 13 heavy (non-hydrogen) atoms. The molecule has 0 radical (unpaired) electrons. The van der Waals surface area contributed by atoms with Crippen molar-refractivity contribution in [3.05, 3.63) is 28.5 Å². The van der Waals surface area contributed by atoms with Crippen molar-refractivity contribution in [3.8, 4) is 0 Å². The monoisotopic (exact) mass is 243 g/mol. The zero-order chi connectivity index (χ0) is 9.68. The third-order valence-electron chi connectivity index (χ3n) is 1.60. The van der Waals surface area contributed by atoms with E-state index in [-0.39, 0.29) is 6.42 Å². The van der Waals surface area contributed by atoms with Crippen LogP contribution in [0.2, 0.25) is 0 Å². The highest BCUT2D eigenvalue weighted by atomic mass is 79.9. The van der Waals surface area contributed by atoms with E-state index in [4.69, 9.17) is 5.11 Å². The number of nitrogens with zero attached hydrogens (tertiary/aromatic N) is 1. The summed E-state index contributed by atoms with van der Waals surface area (Å²) in [7, 11) is 0. The number of carbonyl (C=O) groups is 1. The highest BCUT2D eigenvalue weighted by Gasteiger charge is 1.99. The maximum Gasteiger partial charge on any atom is 0.303 e. The van der Waals surface area contributed by atoms with E-state index in [1.165, 1.54) is 0 Å². The van der Waals surface area contributed by atoms with E-state index in [0.717, 1.165) is 10.3 Å². The number of hydrogen-bond donors (Lipinski definition) is 1. The molecule has 0 saturated carbocycles. The molecule has 4 heteroatoms. The van der Waals surface area contributed by atoms with Crippen LogP contribution in [-0.2, 0) is 11.2 Å². The van der Waals surface area contributed by atoms with Crippen LogP contribution >= 0.6 is 15.9 Å². The van der Waals surface area contributed by atoms with E-state index in [2.05, 4.69) is 20.9 Å². The van der Waals surface area contributed by atoms with Gasteiger partial charge in [-0.2, -0.15) is 0 Å². The van der Waals surface area contributed by atoms with Crippen molar-refractivity contribution in [1.82, 2.24) is 4.98 Å². The van der Waals surface area contributed by atoms with Crippen molar-refractivity contribution in [2.24, 2.45) is 0 Å². The average molecular weight is 244 g/mol. The minimum Gasteiger partial charge on any atom is -0.481 e. The van der Waals surface area contributed by atoms with Gasteiger partial charge in [-0.25, -0.2) is 4.98 Å². The molecule has 70 valence electrons. The number of aryl methyl sites for hydroxylation is 1. The smallest absolute Gasteiger partial charge is 0.303 e. The van der Waals surface area contributed by atoms with Crippen molar-refractivity contribution in [3.63, 3.8) is 0 Å². The Morgan fingerprint density at radius 3 is 2.92 bits per heavy atom. The molecular weight excluding hydrogens is 234 g/mol. The summed E-state index contributed by atoms with van der Waals surface area (Å²) in [6, 6.07) is 5.64. The summed E-state index contributed by atoms with van der Waals surface area (Å²) in [5, 5.41) is 8.42. The molecule has 1 heterocycles. The Morgan fingerprint density at radius 2 is 2.31 bits per heavy atom. The van der Waals surface area contributed by atoms with Crippen LogP contribution in [0, 0.1) is 0 Å². The Hall–Kier alpha value is -0.900. The zero-order valence-electron chi connectivity index (χ0n) is 7.03. The van der Waals surface area contributed by atoms with Gasteiger partial charge in [-0.3, -0.25) is 4.79 Å². The SMILES string of the molecule is O=C(O)CCCc1cccc(Br)n1. The Labute approximate surface area is 84.9 Å². The van der Waals surface area contributed by atoms with Crippen LogP contribution in [0.5, 0.6) is 0 Å². The van der Waals surface area contributed by atoms with Gasteiger partial charge >= 0.3 is 5.97 Å². The Kier molecular flexibility index (Phi) is 3.89. The molecule has 0 aliphatic carbocycles. The molecule has 0 aliphatic heterocycles. The van der Waals surface area contributed by atoms with Crippen LogP contribution in [0.25, 0.3) is 0 Å². The van der Waals surface area contributed by atoms with Gasteiger partial charge in [0.1, 0.15) is 4.60 Å². The number of aromatic nitrogens is 1. The topological polar surface area (TPSA) is 50.2 Å². The van der Waals surface area contributed by atoms with Gasteiger partial charge in [0.15, 0.2) is 0 Å². The molecule has 1 aromatic rings. The van der Waals surface area contributed by atoms with Crippen molar-refractivity contribution in [2.45, 2.75) is 19.3 Å². The first-order valence-electron chi connectivity index (χ1n) is 4.02. The molecule has 0 fully saturated rings. The lowest BCUT2D eigenvalue weighted by atomic mass is 10.2. The van der Waals surface area contributed by atoms with Gasteiger partial charge in [-0.15, -0.1) is 0 Å². The first-order chi connectivity index (χ1) is 6.18. The number of pyridine rings is 1. The minimum absolute atomic E-state index is 0.203. The fraction of sp³-hybridized carbons (Fsp3) is 0.333. The molecule has 0 aromatic carbocycles. The fourth-order valence-corrected chi connectivity index (χ4v) is 1.39. The van der Waals surface area contributed by atoms with E-state index >= 15 is 0 Å². The molecule has 0 bridgehead atoms. The zero-order valence-corrected chi connectivity index (χ0v) is 8.62. The average Bonchev–Trinajstić information content (AvgIpc) is 2.03. The molecule has 1 rings (SSSR count). The highest BCUT2D eigenvalue weighted by Crippen LogP contribution is 2.08. The van der Waals surface area contributed by atoms with Crippen LogP contribution in [0.4, 0.5) is 0 Å². The van der Waals surface area contributed by atoms with Gasteiger partial charge in [0, 0.05) is 12.1 Å². The second kappa shape index (κ2) is 4.97. The van der Waals surface area contributed by atoms with E-state index in [0.29, 0.717) is 12.8 Å². The number of rotatable bonds is 4. The maximum absolute atomic E-state index is 10.2. The third-order valence-corrected chi connectivity index (χ3v) is 2.04. The van der Waals surface area contributed by atoms with E-state index in [9.17, 15) is 4.79 Å². The molecular formula is C9H10BrNO2. The summed E-state index contributed by atoms with van der Waals surface area (Å²) in [5.74, 6) is -0.755. The second-order valence-electron chi connectivity index (χ2n) is 2.70.